The van der Waals surface area contributed by atoms with Gasteiger partial charge >= 0.3 is 0 Å². The van der Waals surface area contributed by atoms with Crippen LogP contribution in [0.15, 0.2) is 85.1 Å². The van der Waals surface area contributed by atoms with E-state index in [9.17, 15) is 14.7 Å². The molecule has 1 unspecified atom stereocenters. The fourth-order valence-electron chi connectivity index (χ4n) is 8.25. The van der Waals surface area contributed by atoms with E-state index in [1.54, 1.807) is 27.6 Å². The SMILES string of the molecule is C[C@@H]1[C@@H]([Si](C)(C)F)[C@H](CCn2cc(C(CO)c3ccccc3)nn2)O[C@@]12C(=O)N(Cc1cccc(N3CCCC3=O)c1)c1ccccc12. The second-order valence-electron chi connectivity index (χ2n) is 13.8. The van der Waals surface area contributed by atoms with Gasteiger partial charge in [-0.05, 0) is 55.3 Å². The van der Waals surface area contributed by atoms with Crippen LogP contribution in [0.1, 0.15) is 54.5 Å². The van der Waals surface area contributed by atoms with Gasteiger partial charge in [0, 0.05) is 48.4 Å². The third kappa shape index (κ3) is 5.57. The number of carbonyl (C=O) groups excluding carboxylic acids is 2. The normalized spacial score (nSPS) is 24.6. The van der Waals surface area contributed by atoms with Gasteiger partial charge in [0.05, 0.1) is 36.6 Å². The molecule has 4 aromatic rings. The highest BCUT2D eigenvalue weighted by Gasteiger charge is 2.66. The lowest BCUT2D eigenvalue weighted by atomic mass is 9.82. The van der Waals surface area contributed by atoms with E-state index in [1.165, 1.54) is 0 Å². The van der Waals surface area contributed by atoms with Crippen LogP contribution in [0.2, 0.25) is 18.6 Å². The second-order valence-corrected chi connectivity index (χ2v) is 17.6. The molecule has 7 rings (SSSR count). The summed E-state index contributed by atoms with van der Waals surface area (Å²) in [4.78, 5) is 30.7. The Kier molecular flexibility index (Phi) is 8.55. The van der Waals surface area contributed by atoms with Crippen molar-refractivity contribution < 1.29 is 23.5 Å². The van der Waals surface area contributed by atoms with E-state index < -0.39 is 31.6 Å². The number of halogens is 1. The Balaban J connectivity index is 1.15. The molecule has 2 saturated heterocycles. The highest BCUT2D eigenvalue weighted by Crippen LogP contribution is 2.60. The fraction of sp³-hybridized carbons (Fsp3) is 0.405. The van der Waals surface area contributed by atoms with Crippen molar-refractivity contribution in [1.29, 1.82) is 0 Å². The molecule has 0 saturated carbocycles. The lowest BCUT2D eigenvalue weighted by molar-refractivity contribution is -0.146. The molecule has 2 amide bonds. The van der Waals surface area contributed by atoms with E-state index in [2.05, 4.69) is 10.3 Å². The maximum Gasteiger partial charge on any atom is 0.264 e. The molecular weight excluding hydrogens is 626 g/mol. The summed E-state index contributed by atoms with van der Waals surface area (Å²) >= 11 is 0. The van der Waals surface area contributed by atoms with Crippen LogP contribution in [0.5, 0.6) is 0 Å². The largest absolute Gasteiger partial charge is 0.395 e. The third-order valence-electron chi connectivity index (χ3n) is 10.4. The van der Waals surface area contributed by atoms with Gasteiger partial charge in [-0.25, -0.2) is 0 Å². The quantitative estimate of drug-likeness (QED) is 0.166. The Bertz CT molecular complexity index is 1810. The fourth-order valence-corrected chi connectivity index (χ4v) is 10.8. The number of aliphatic hydroxyl groups excluding tert-OH is 1. The monoisotopic (exact) mass is 667 g/mol. The number of carbonyl (C=O) groups is 2. The summed E-state index contributed by atoms with van der Waals surface area (Å²) in [6.07, 6.45) is 3.16. The molecular formula is C37H42FN5O4Si. The topological polar surface area (TPSA) is 101 Å². The van der Waals surface area contributed by atoms with Crippen LogP contribution in [-0.2, 0) is 33.0 Å². The molecule has 1 spiro atoms. The van der Waals surface area contributed by atoms with Crippen LogP contribution >= 0.6 is 0 Å². The number of amides is 2. The minimum absolute atomic E-state index is 0.100. The summed E-state index contributed by atoms with van der Waals surface area (Å²) in [6.45, 7) is 6.71. The molecule has 3 aliphatic heterocycles. The summed E-state index contributed by atoms with van der Waals surface area (Å²) in [5.41, 5.74) is 3.15. The Morgan fingerprint density at radius 3 is 2.56 bits per heavy atom. The number of aromatic nitrogens is 3. The van der Waals surface area contributed by atoms with Gasteiger partial charge in [-0.3, -0.25) is 14.3 Å². The molecule has 250 valence electrons. The Hall–Kier alpha value is -4.19. The Morgan fingerprint density at radius 2 is 1.83 bits per heavy atom. The van der Waals surface area contributed by atoms with Crippen molar-refractivity contribution in [1.82, 2.24) is 15.0 Å². The van der Waals surface area contributed by atoms with Crippen molar-refractivity contribution in [2.75, 3.05) is 23.0 Å². The van der Waals surface area contributed by atoms with Gasteiger partial charge in [-0.15, -0.1) is 5.10 Å². The number of hydrogen-bond donors (Lipinski definition) is 1. The number of ether oxygens (including phenoxy) is 1. The van der Waals surface area contributed by atoms with E-state index in [-0.39, 0.29) is 24.3 Å². The summed E-state index contributed by atoms with van der Waals surface area (Å²) < 4.78 is 24.9. The number of aryl methyl sites for hydroxylation is 1. The molecule has 3 aromatic carbocycles. The zero-order chi connectivity index (χ0) is 33.6. The number of anilines is 2. The summed E-state index contributed by atoms with van der Waals surface area (Å²) in [5.74, 6) is -0.764. The van der Waals surface area contributed by atoms with Gasteiger partial charge < -0.3 is 23.8 Å². The van der Waals surface area contributed by atoms with E-state index in [0.29, 0.717) is 38.2 Å². The first-order valence-electron chi connectivity index (χ1n) is 16.8. The molecule has 3 aliphatic rings. The molecule has 1 N–H and O–H groups in total. The van der Waals surface area contributed by atoms with Crippen LogP contribution in [0.25, 0.3) is 0 Å². The first-order chi connectivity index (χ1) is 23.1. The lowest BCUT2D eigenvalue weighted by Gasteiger charge is -2.31. The van der Waals surface area contributed by atoms with Gasteiger partial charge in [-0.1, -0.05) is 72.8 Å². The summed E-state index contributed by atoms with van der Waals surface area (Å²) in [7, 11) is -3.33. The highest BCUT2D eigenvalue weighted by atomic mass is 28.4. The number of fused-ring (bicyclic) bond motifs is 2. The molecule has 1 aromatic heterocycles. The van der Waals surface area contributed by atoms with Gasteiger partial charge in [0.1, 0.15) is 0 Å². The van der Waals surface area contributed by atoms with Crippen molar-refractivity contribution in [2.24, 2.45) is 5.92 Å². The summed E-state index contributed by atoms with van der Waals surface area (Å²) in [6, 6.07) is 25.2. The lowest BCUT2D eigenvalue weighted by Crippen LogP contribution is -2.45. The van der Waals surface area contributed by atoms with Gasteiger partial charge in [0.2, 0.25) is 14.3 Å². The van der Waals surface area contributed by atoms with E-state index in [0.717, 1.165) is 34.5 Å². The number of hydrogen-bond acceptors (Lipinski definition) is 6. The van der Waals surface area contributed by atoms with E-state index in [1.807, 2.05) is 92.0 Å². The number of benzene rings is 3. The predicted molar refractivity (Wildman–Crippen MR) is 184 cm³/mol. The zero-order valence-electron chi connectivity index (χ0n) is 27.6. The van der Waals surface area contributed by atoms with Crippen molar-refractivity contribution in [3.8, 4) is 0 Å². The smallest absolute Gasteiger partial charge is 0.264 e. The molecule has 0 radical (unpaired) electrons. The number of rotatable bonds is 10. The van der Waals surface area contributed by atoms with E-state index >= 15 is 4.11 Å². The number of nitrogens with zero attached hydrogens (tertiary/aromatic N) is 5. The molecule has 48 heavy (non-hydrogen) atoms. The average Bonchev–Trinajstić information content (AvgIpc) is 3.84. The molecule has 0 bridgehead atoms. The second kappa shape index (κ2) is 12.7. The van der Waals surface area contributed by atoms with E-state index in [4.69, 9.17) is 4.74 Å². The zero-order valence-corrected chi connectivity index (χ0v) is 28.6. The maximum atomic E-state index is 16.3. The maximum absolute atomic E-state index is 16.3. The van der Waals surface area contributed by atoms with Crippen LogP contribution in [0.3, 0.4) is 0 Å². The predicted octanol–water partition coefficient (Wildman–Crippen LogP) is 5.94. The molecule has 4 heterocycles. The third-order valence-corrected chi connectivity index (χ3v) is 12.9. The minimum Gasteiger partial charge on any atom is -0.395 e. The van der Waals surface area contributed by atoms with Gasteiger partial charge in [0.25, 0.3) is 5.91 Å². The van der Waals surface area contributed by atoms with Crippen LogP contribution in [0, 0.1) is 5.92 Å². The van der Waals surface area contributed by atoms with Gasteiger partial charge in [-0.2, -0.15) is 0 Å². The van der Waals surface area contributed by atoms with Crippen molar-refractivity contribution >= 4 is 31.6 Å². The van der Waals surface area contributed by atoms with Crippen molar-refractivity contribution in [3.63, 3.8) is 0 Å². The minimum atomic E-state index is -3.33. The average molecular weight is 668 g/mol. The van der Waals surface area contributed by atoms with Crippen molar-refractivity contribution in [3.05, 3.63) is 107 Å². The molecule has 5 atom stereocenters. The molecule has 11 heteroatoms. The number of aliphatic hydroxyl groups is 1. The van der Waals surface area contributed by atoms with Gasteiger partial charge in [0.15, 0.2) is 5.60 Å². The van der Waals surface area contributed by atoms with Crippen LogP contribution in [-0.4, -0.2) is 59.6 Å². The van der Waals surface area contributed by atoms with Crippen LogP contribution in [0.4, 0.5) is 15.5 Å². The highest BCUT2D eigenvalue weighted by molar-refractivity contribution is 6.72. The molecule has 9 nitrogen and oxygen atoms in total. The van der Waals surface area contributed by atoms with Crippen molar-refractivity contribution in [2.45, 2.75) is 75.5 Å². The molecule has 2 fully saturated rings. The first-order valence-corrected chi connectivity index (χ1v) is 19.8. The standard InChI is InChI=1S/C37H42FN5O4Si/c1-25-35(48(2,3)38)33(18-20-41-23-31(39-40-41)29(24-44)27-12-5-4-6-13-27)47-37(25)30-15-7-8-16-32(30)43(36(37)46)22-26-11-9-14-28(21-26)42-19-10-17-34(42)45/h4-9,11-16,21,23,25,29,33,35,44H,10,17-20,22,24H2,1-3H3/t25-,29?,33+,35-,37+/m1/s1. The number of para-hydroxylation sites is 1. The Morgan fingerprint density at radius 1 is 1.06 bits per heavy atom. The first kappa shape index (κ1) is 32.4. The molecule has 0 aliphatic carbocycles. The van der Waals surface area contributed by atoms with Crippen LogP contribution < -0.4 is 9.80 Å². The summed E-state index contributed by atoms with van der Waals surface area (Å²) in [5, 5.41) is 18.8. The Labute approximate surface area is 281 Å².